The number of rotatable bonds is 2. The minimum atomic E-state index is 0.0628. The van der Waals surface area contributed by atoms with Gasteiger partial charge in [-0.25, -0.2) is 0 Å². The highest BCUT2D eigenvalue weighted by Crippen LogP contribution is 2.13. The number of aliphatic imine (C=N–C) groups is 1. The van der Waals surface area contributed by atoms with Crippen LogP contribution in [0.2, 0.25) is 0 Å². The van der Waals surface area contributed by atoms with Gasteiger partial charge in [0.25, 0.3) is 0 Å². The average Bonchev–Trinajstić information content (AvgIpc) is 2.31. The van der Waals surface area contributed by atoms with Gasteiger partial charge >= 0.3 is 0 Å². The fraction of sp³-hybridized carbons (Fsp3) is 0.667. The van der Waals surface area contributed by atoms with E-state index in [9.17, 15) is 4.79 Å². The summed E-state index contributed by atoms with van der Waals surface area (Å²) in [7, 11) is 0. The van der Waals surface area contributed by atoms with Crippen LogP contribution in [0.15, 0.2) is 4.99 Å². The fourth-order valence-electron chi connectivity index (χ4n) is 0.609. The van der Waals surface area contributed by atoms with Gasteiger partial charge in [0.2, 0.25) is 0 Å². The normalized spacial score (nSPS) is 27.1. The molecule has 0 aromatic carbocycles. The van der Waals surface area contributed by atoms with Crippen molar-refractivity contribution in [2.24, 2.45) is 4.99 Å². The topological polar surface area (TPSA) is 55.6 Å². The Hall–Kier alpha value is -0.550. The second kappa shape index (κ2) is 3.73. The van der Waals surface area contributed by atoms with Gasteiger partial charge in [0.1, 0.15) is 6.54 Å². The molecule has 1 saturated heterocycles. The number of carbonyl (C=O) groups excluding carboxylic acids is 1. The molecule has 1 radical (unpaired) electrons. The van der Waals surface area contributed by atoms with E-state index in [-0.39, 0.29) is 17.7 Å². The summed E-state index contributed by atoms with van der Waals surface area (Å²) < 4.78 is 0. The molecule has 0 bridgehead atoms. The van der Waals surface area contributed by atoms with Gasteiger partial charge in [0, 0.05) is 0 Å². The third-order valence-corrected chi connectivity index (χ3v) is 1.95. The van der Waals surface area contributed by atoms with Crippen molar-refractivity contribution in [3.05, 3.63) is 0 Å². The number of ketones is 1. The van der Waals surface area contributed by atoms with Crippen LogP contribution in [0.25, 0.3) is 0 Å². The summed E-state index contributed by atoms with van der Waals surface area (Å²) in [5.74, 6) is 0.0628. The second-order valence-corrected chi connectivity index (χ2v) is 3.61. The van der Waals surface area contributed by atoms with Crippen molar-refractivity contribution in [2.75, 3.05) is 6.54 Å². The van der Waals surface area contributed by atoms with Crippen molar-refractivity contribution in [3.8, 4) is 0 Å². The molecule has 1 rings (SSSR count). The third kappa shape index (κ3) is 2.90. The Kier molecular flexibility index (Phi) is 2.90. The number of hydrogen-bond acceptors (Lipinski definition) is 4. The van der Waals surface area contributed by atoms with Crippen LogP contribution in [0.5, 0.6) is 0 Å². The highest BCUT2D eigenvalue weighted by atomic mass is 32.2. The maximum atomic E-state index is 10.5. The molecule has 1 N–H and O–H groups in total. The van der Waals surface area contributed by atoms with Gasteiger partial charge in [0.05, 0.1) is 5.37 Å². The van der Waals surface area contributed by atoms with Crippen LogP contribution >= 0.6 is 11.8 Å². The molecule has 0 amide bonds. The largest absolute Gasteiger partial charge is 0.298 e. The number of amidine groups is 1. The molecule has 11 heavy (non-hydrogen) atoms. The SMILES string of the molecule is CC(=O)CN=C1[N]NC(C)S1. The van der Waals surface area contributed by atoms with Gasteiger partial charge in [0.15, 0.2) is 11.0 Å². The lowest BCUT2D eigenvalue weighted by molar-refractivity contribution is -0.115. The quantitative estimate of drug-likeness (QED) is 0.644. The Morgan fingerprint density at radius 1 is 1.91 bits per heavy atom. The van der Waals surface area contributed by atoms with E-state index in [4.69, 9.17) is 0 Å². The van der Waals surface area contributed by atoms with E-state index in [1.165, 1.54) is 18.7 Å². The van der Waals surface area contributed by atoms with E-state index >= 15 is 0 Å². The van der Waals surface area contributed by atoms with Crippen LogP contribution in [-0.2, 0) is 4.79 Å². The molecule has 1 aliphatic heterocycles. The summed E-state index contributed by atoms with van der Waals surface area (Å²) in [6, 6.07) is 0. The Morgan fingerprint density at radius 3 is 3.09 bits per heavy atom. The van der Waals surface area contributed by atoms with E-state index in [2.05, 4.69) is 15.8 Å². The van der Waals surface area contributed by atoms with Crippen molar-refractivity contribution in [2.45, 2.75) is 19.2 Å². The molecule has 0 aromatic rings. The lowest BCUT2D eigenvalue weighted by Crippen LogP contribution is -2.22. The standard InChI is InChI=1S/C6H10N3OS/c1-4(10)3-7-6-9-8-5(2)11-6/h5,8H,3H2,1-2H3. The van der Waals surface area contributed by atoms with Gasteiger partial charge in [-0.1, -0.05) is 11.8 Å². The Balaban J connectivity index is 2.36. The Bertz CT molecular complexity index is 192. The van der Waals surface area contributed by atoms with Gasteiger partial charge in [-0.05, 0) is 13.8 Å². The van der Waals surface area contributed by atoms with E-state index in [1.54, 1.807) is 0 Å². The Morgan fingerprint density at radius 2 is 2.64 bits per heavy atom. The van der Waals surface area contributed by atoms with Crippen LogP contribution in [-0.4, -0.2) is 22.9 Å². The zero-order valence-electron chi connectivity index (χ0n) is 6.50. The van der Waals surface area contributed by atoms with Crippen molar-refractivity contribution in [1.82, 2.24) is 10.9 Å². The molecule has 0 aliphatic carbocycles. The minimum absolute atomic E-state index is 0.0628. The summed E-state index contributed by atoms with van der Waals surface area (Å²) >= 11 is 1.53. The van der Waals surface area contributed by atoms with Crippen LogP contribution in [0.1, 0.15) is 13.8 Å². The lowest BCUT2D eigenvalue weighted by atomic mass is 10.5. The van der Waals surface area contributed by atoms with Crippen LogP contribution < -0.4 is 10.9 Å². The first-order valence-corrected chi connectivity index (χ1v) is 4.23. The molecular formula is C6H10N3OS. The molecule has 1 heterocycles. The lowest BCUT2D eigenvalue weighted by Gasteiger charge is -1.90. The molecule has 1 aliphatic rings. The molecule has 1 unspecified atom stereocenters. The molecular weight excluding hydrogens is 162 g/mol. The first kappa shape index (κ1) is 8.55. The van der Waals surface area contributed by atoms with Crippen LogP contribution in [0.3, 0.4) is 0 Å². The summed E-state index contributed by atoms with van der Waals surface area (Å²) in [6.45, 7) is 3.74. The van der Waals surface area contributed by atoms with Gasteiger partial charge in [-0.3, -0.25) is 9.79 Å². The molecule has 0 spiro atoms. The molecule has 5 heteroatoms. The number of hydrogen-bond donors (Lipinski definition) is 1. The molecule has 4 nitrogen and oxygen atoms in total. The van der Waals surface area contributed by atoms with E-state index in [0.29, 0.717) is 5.17 Å². The van der Waals surface area contributed by atoms with Crippen molar-refractivity contribution in [1.29, 1.82) is 0 Å². The van der Waals surface area contributed by atoms with Crippen LogP contribution in [0, 0.1) is 0 Å². The van der Waals surface area contributed by atoms with E-state index in [1.807, 2.05) is 6.92 Å². The first-order chi connectivity index (χ1) is 5.18. The maximum absolute atomic E-state index is 10.5. The maximum Gasteiger partial charge on any atom is 0.198 e. The molecule has 61 valence electrons. The average molecular weight is 172 g/mol. The number of nitrogens with one attached hydrogen (secondary N) is 1. The van der Waals surface area contributed by atoms with Crippen LogP contribution in [0.4, 0.5) is 0 Å². The van der Waals surface area contributed by atoms with Crippen molar-refractivity contribution >= 4 is 22.7 Å². The van der Waals surface area contributed by atoms with Gasteiger partial charge in [-0.15, -0.1) is 0 Å². The summed E-state index contributed by atoms with van der Waals surface area (Å²) in [5.41, 5.74) is 6.74. The number of nitrogens with zero attached hydrogens (tertiary/aromatic N) is 2. The molecule has 1 fully saturated rings. The molecule has 1 atom stereocenters. The van der Waals surface area contributed by atoms with Gasteiger partial charge < -0.3 is 0 Å². The summed E-state index contributed by atoms with van der Waals surface area (Å²) in [4.78, 5) is 14.5. The monoisotopic (exact) mass is 172 g/mol. The first-order valence-electron chi connectivity index (χ1n) is 3.35. The predicted molar refractivity (Wildman–Crippen MR) is 45.3 cm³/mol. The zero-order valence-corrected chi connectivity index (χ0v) is 7.31. The minimum Gasteiger partial charge on any atom is -0.298 e. The smallest absolute Gasteiger partial charge is 0.198 e. The molecule has 0 saturated carbocycles. The highest BCUT2D eigenvalue weighted by molar-refractivity contribution is 8.14. The fourth-order valence-corrected chi connectivity index (χ4v) is 1.27. The Labute approximate surface area is 69.8 Å². The number of Topliss-reactive ketones (excluding diaryl/α,β-unsaturated/α-hetero) is 1. The third-order valence-electron chi connectivity index (χ3n) is 1.06. The zero-order chi connectivity index (χ0) is 8.27. The summed E-state index contributed by atoms with van der Waals surface area (Å²) in [5, 5.41) is 0.952. The highest BCUT2D eigenvalue weighted by Gasteiger charge is 2.16. The predicted octanol–water partition coefficient (Wildman–Crippen LogP) is 0.133. The van der Waals surface area contributed by atoms with E-state index < -0.39 is 0 Å². The number of thioether (sulfide) groups is 1. The van der Waals surface area contributed by atoms with Gasteiger partial charge in [-0.2, -0.15) is 10.9 Å². The summed E-state index contributed by atoms with van der Waals surface area (Å²) in [6.07, 6.45) is 0. The van der Waals surface area contributed by atoms with E-state index in [0.717, 1.165) is 0 Å². The van der Waals surface area contributed by atoms with Crippen molar-refractivity contribution < 1.29 is 4.79 Å². The molecule has 0 aromatic heterocycles. The van der Waals surface area contributed by atoms with Crippen molar-refractivity contribution in [3.63, 3.8) is 0 Å². The second-order valence-electron chi connectivity index (χ2n) is 2.30. The number of carbonyl (C=O) groups is 1.